The number of benzene rings is 1. The lowest BCUT2D eigenvalue weighted by Crippen LogP contribution is -2.49. The topological polar surface area (TPSA) is 116 Å². The Bertz CT molecular complexity index is 1220. The van der Waals surface area contributed by atoms with Gasteiger partial charge < -0.3 is 15.3 Å². The maximum Gasteiger partial charge on any atom is 0.198 e. The number of fused-ring (bicyclic) bond motifs is 2. The van der Waals surface area contributed by atoms with Gasteiger partial charge in [-0.05, 0) is 50.7 Å². The first-order valence-electron chi connectivity index (χ1n) is 11.3. The molecule has 0 radical (unpaired) electrons. The van der Waals surface area contributed by atoms with Gasteiger partial charge in [-0.2, -0.15) is 10.4 Å². The van der Waals surface area contributed by atoms with Gasteiger partial charge in [0.15, 0.2) is 23.2 Å². The van der Waals surface area contributed by atoms with E-state index in [0.29, 0.717) is 41.2 Å². The minimum atomic E-state index is -0.717. The van der Waals surface area contributed by atoms with Gasteiger partial charge >= 0.3 is 0 Å². The average Bonchev–Trinajstić information content (AvgIpc) is 3.49. The monoisotopic (exact) mass is 446 g/mol. The van der Waals surface area contributed by atoms with E-state index in [0.717, 1.165) is 24.9 Å². The van der Waals surface area contributed by atoms with E-state index in [4.69, 9.17) is 5.26 Å². The zero-order valence-electron chi connectivity index (χ0n) is 17.9. The number of piperidine rings is 1. The van der Waals surface area contributed by atoms with Crippen LogP contribution >= 0.6 is 0 Å². The van der Waals surface area contributed by atoms with Crippen molar-refractivity contribution < 1.29 is 9.50 Å². The number of phenolic OH excluding ortho intramolecular Hbond substituents is 1. The molecule has 2 aromatic heterocycles. The maximum atomic E-state index is 13.7. The van der Waals surface area contributed by atoms with Crippen molar-refractivity contribution in [1.29, 1.82) is 5.26 Å². The molecule has 9 nitrogen and oxygen atoms in total. The number of aromatic hydroxyl groups is 1. The molecule has 168 valence electrons. The standard InChI is InChI=1S/C23H23FN8O/c24-19-12-31(30-20(19)10-25)16-5-6-18(21(33)9-16)23-26-11-22(28-29-23)32(15-3-4-15)17-7-13-1-2-14(8-17)27-13/h5-6,9,11-15,17,27,33H,1-4,7-8H2/t13-,14+,17?. The summed E-state index contributed by atoms with van der Waals surface area (Å²) in [6, 6.07) is 8.57. The molecule has 6 rings (SSSR count). The number of aromatic nitrogens is 5. The Morgan fingerprint density at radius 1 is 1.12 bits per heavy atom. The molecule has 3 aromatic rings. The van der Waals surface area contributed by atoms with Crippen LogP contribution < -0.4 is 10.2 Å². The van der Waals surface area contributed by atoms with E-state index in [1.807, 2.05) is 0 Å². The van der Waals surface area contributed by atoms with Crippen LogP contribution in [-0.2, 0) is 0 Å². The van der Waals surface area contributed by atoms with Crippen LogP contribution in [0.3, 0.4) is 0 Å². The molecule has 0 amide bonds. The second kappa shape index (κ2) is 7.78. The molecule has 33 heavy (non-hydrogen) atoms. The lowest BCUT2D eigenvalue weighted by Gasteiger charge is -2.38. The van der Waals surface area contributed by atoms with Gasteiger partial charge in [0, 0.05) is 30.2 Å². The molecular weight excluding hydrogens is 423 g/mol. The van der Waals surface area contributed by atoms with E-state index >= 15 is 0 Å². The minimum absolute atomic E-state index is 0.0783. The largest absolute Gasteiger partial charge is 0.507 e. The third-order valence-electron chi connectivity index (χ3n) is 6.86. The zero-order valence-corrected chi connectivity index (χ0v) is 17.9. The molecule has 3 aliphatic rings. The van der Waals surface area contributed by atoms with Gasteiger partial charge in [-0.1, -0.05) is 0 Å². The number of anilines is 1. The number of nitrogens with zero attached hydrogens (tertiary/aromatic N) is 7. The number of rotatable bonds is 5. The zero-order chi connectivity index (χ0) is 22.5. The molecule has 1 unspecified atom stereocenters. The summed E-state index contributed by atoms with van der Waals surface area (Å²) in [5, 5.41) is 35.8. The van der Waals surface area contributed by atoms with Crippen LogP contribution in [0.1, 0.15) is 44.2 Å². The lowest BCUT2D eigenvalue weighted by molar-refractivity contribution is 0.343. The first-order valence-corrected chi connectivity index (χ1v) is 11.3. The molecule has 1 saturated carbocycles. The summed E-state index contributed by atoms with van der Waals surface area (Å²) in [6.45, 7) is 0. The van der Waals surface area contributed by atoms with Gasteiger partial charge in [-0.15, -0.1) is 10.2 Å². The van der Waals surface area contributed by atoms with Crippen LogP contribution in [0.5, 0.6) is 5.75 Å². The second-order valence-corrected chi connectivity index (χ2v) is 9.13. The van der Waals surface area contributed by atoms with E-state index in [9.17, 15) is 9.50 Å². The second-order valence-electron chi connectivity index (χ2n) is 9.13. The highest BCUT2D eigenvalue weighted by Crippen LogP contribution is 2.38. The molecule has 3 fully saturated rings. The van der Waals surface area contributed by atoms with Gasteiger partial charge in [-0.25, -0.2) is 14.1 Å². The van der Waals surface area contributed by atoms with Crippen LogP contribution in [0.4, 0.5) is 10.2 Å². The number of phenols is 1. The predicted molar refractivity (Wildman–Crippen MR) is 117 cm³/mol. The average molecular weight is 446 g/mol. The molecule has 4 heterocycles. The minimum Gasteiger partial charge on any atom is -0.507 e. The van der Waals surface area contributed by atoms with E-state index in [1.54, 1.807) is 24.4 Å². The fourth-order valence-corrected chi connectivity index (χ4v) is 5.20. The van der Waals surface area contributed by atoms with Crippen LogP contribution in [0.15, 0.2) is 30.6 Å². The maximum absolute atomic E-state index is 13.7. The molecule has 2 saturated heterocycles. The Morgan fingerprint density at radius 2 is 1.91 bits per heavy atom. The molecule has 2 bridgehead atoms. The van der Waals surface area contributed by atoms with E-state index < -0.39 is 5.82 Å². The van der Waals surface area contributed by atoms with Gasteiger partial charge in [0.2, 0.25) is 0 Å². The van der Waals surface area contributed by atoms with Crippen LogP contribution in [0, 0.1) is 17.1 Å². The van der Waals surface area contributed by atoms with Gasteiger partial charge in [0.05, 0.1) is 23.6 Å². The van der Waals surface area contributed by atoms with Crippen molar-refractivity contribution in [2.45, 2.75) is 62.7 Å². The van der Waals surface area contributed by atoms with E-state index in [1.165, 1.54) is 36.4 Å². The van der Waals surface area contributed by atoms with Crippen molar-refractivity contribution in [1.82, 2.24) is 30.3 Å². The summed E-state index contributed by atoms with van der Waals surface area (Å²) in [5.41, 5.74) is 0.536. The Kier molecular flexibility index (Phi) is 4.73. The van der Waals surface area contributed by atoms with Crippen LogP contribution in [0.2, 0.25) is 0 Å². The number of hydrogen-bond donors (Lipinski definition) is 2. The predicted octanol–water partition coefficient (Wildman–Crippen LogP) is 2.69. The van der Waals surface area contributed by atoms with Gasteiger partial charge in [0.1, 0.15) is 11.8 Å². The molecule has 1 aliphatic carbocycles. The van der Waals surface area contributed by atoms with Crippen molar-refractivity contribution in [3.63, 3.8) is 0 Å². The fourth-order valence-electron chi connectivity index (χ4n) is 5.20. The summed E-state index contributed by atoms with van der Waals surface area (Å²) in [5.74, 6) is 0.310. The normalized spacial score (nSPS) is 23.9. The highest BCUT2D eigenvalue weighted by Gasteiger charge is 2.41. The Hall–Kier alpha value is -3.58. The summed E-state index contributed by atoms with van der Waals surface area (Å²) in [7, 11) is 0. The SMILES string of the molecule is N#Cc1nn(-c2ccc(-c3ncc(N(C4CC4)C4C[C@H]5CC[C@@H](C4)N5)nn3)c(O)c2)cc1F. The third kappa shape index (κ3) is 3.68. The van der Waals surface area contributed by atoms with Gasteiger partial charge in [0.25, 0.3) is 0 Å². The summed E-state index contributed by atoms with van der Waals surface area (Å²) >= 11 is 0. The van der Waals surface area contributed by atoms with Crippen LogP contribution in [-0.4, -0.2) is 54.2 Å². The Morgan fingerprint density at radius 3 is 2.52 bits per heavy atom. The van der Waals surface area contributed by atoms with Crippen molar-refractivity contribution in [2.24, 2.45) is 0 Å². The summed E-state index contributed by atoms with van der Waals surface area (Å²) in [4.78, 5) is 6.92. The highest BCUT2D eigenvalue weighted by molar-refractivity contribution is 5.66. The first-order chi connectivity index (χ1) is 16.1. The third-order valence-corrected chi connectivity index (χ3v) is 6.86. The number of nitriles is 1. The molecule has 2 N–H and O–H groups in total. The molecule has 2 aliphatic heterocycles. The number of hydrogen-bond acceptors (Lipinski definition) is 8. The lowest BCUT2D eigenvalue weighted by atomic mass is 9.98. The highest BCUT2D eigenvalue weighted by atomic mass is 19.1. The van der Waals surface area contributed by atoms with Gasteiger partial charge in [-0.3, -0.25) is 0 Å². The Labute approximate surface area is 189 Å². The smallest absolute Gasteiger partial charge is 0.198 e. The van der Waals surface area contributed by atoms with E-state index in [-0.39, 0.29) is 11.4 Å². The molecule has 3 atom stereocenters. The van der Waals surface area contributed by atoms with Crippen molar-refractivity contribution in [3.05, 3.63) is 42.1 Å². The summed E-state index contributed by atoms with van der Waals surface area (Å²) in [6.07, 6.45) is 9.94. The fraction of sp³-hybridized carbons (Fsp3) is 0.435. The molecular formula is C23H23FN8O. The first kappa shape index (κ1) is 20.1. The van der Waals surface area contributed by atoms with E-state index in [2.05, 4.69) is 30.5 Å². The van der Waals surface area contributed by atoms with Crippen molar-refractivity contribution >= 4 is 5.82 Å². The quantitative estimate of drug-likeness (QED) is 0.615. The number of nitrogens with one attached hydrogen (secondary N) is 1. The number of halogens is 1. The summed E-state index contributed by atoms with van der Waals surface area (Å²) < 4.78 is 14.9. The van der Waals surface area contributed by atoms with Crippen LogP contribution in [0.25, 0.3) is 17.1 Å². The molecule has 10 heteroatoms. The van der Waals surface area contributed by atoms with Crippen molar-refractivity contribution in [3.8, 4) is 28.9 Å². The Balaban J connectivity index is 1.25. The van der Waals surface area contributed by atoms with Crippen molar-refractivity contribution in [2.75, 3.05) is 4.90 Å². The molecule has 1 aromatic carbocycles. The molecule has 0 spiro atoms.